The Labute approximate surface area is 124 Å². The number of rotatable bonds is 6. The van der Waals surface area contributed by atoms with Crippen LogP contribution in [0.5, 0.6) is 0 Å². The fourth-order valence-corrected chi connectivity index (χ4v) is 2.78. The minimum absolute atomic E-state index is 0.253. The van der Waals surface area contributed by atoms with E-state index < -0.39 is 0 Å². The smallest absolute Gasteiger partial charge is 0.147 e. The molecular formula is C15H21N3OS. The molecule has 0 aliphatic rings. The van der Waals surface area contributed by atoms with Gasteiger partial charge in [-0.05, 0) is 30.9 Å². The molecule has 108 valence electrons. The third kappa shape index (κ3) is 3.49. The fourth-order valence-electron chi connectivity index (χ4n) is 1.96. The molecule has 0 atom stereocenters. The van der Waals surface area contributed by atoms with Gasteiger partial charge in [0.25, 0.3) is 0 Å². The van der Waals surface area contributed by atoms with Crippen LogP contribution in [-0.4, -0.2) is 30.7 Å². The molecule has 2 rings (SSSR count). The Hall–Kier alpha value is -1.59. The lowest BCUT2D eigenvalue weighted by Gasteiger charge is -2.19. The summed E-state index contributed by atoms with van der Waals surface area (Å²) in [6.45, 7) is 5.60. The van der Waals surface area contributed by atoms with Crippen LogP contribution in [0.15, 0.2) is 30.3 Å². The van der Waals surface area contributed by atoms with Gasteiger partial charge < -0.3 is 15.4 Å². The van der Waals surface area contributed by atoms with Gasteiger partial charge in [-0.1, -0.05) is 30.3 Å². The van der Waals surface area contributed by atoms with Gasteiger partial charge in [-0.15, -0.1) is 0 Å². The highest BCUT2D eigenvalue weighted by molar-refractivity contribution is 7.11. The molecule has 0 radical (unpaired) electrons. The standard InChI is InChI=1S/C15H21N3OS/c1-11(2)19-10-9-18(3)15-13(14(16)17-20-15)12-7-5-4-6-8-12/h4-8,11H,9-10H2,1-3H3,(H2,16,17). The van der Waals surface area contributed by atoms with Crippen LogP contribution < -0.4 is 10.6 Å². The molecule has 0 fully saturated rings. The van der Waals surface area contributed by atoms with Crippen molar-refractivity contribution >= 4 is 22.4 Å². The molecule has 2 aromatic rings. The Morgan fingerprint density at radius 1 is 1.30 bits per heavy atom. The zero-order chi connectivity index (χ0) is 14.5. The molecule has 0 amide bonds. The van der Waals surface area contributed by atoms with Gasteiger partial charge in [-0.25, -0.2) is 0 Å². The molecule has 0 unspecified atom stereocenters. The van der Waals surface area contributed by atoms with Gasteiger partial charge in [0.1, 0.15) is 10.8 Å². The summed E-state index contributed by atoms with van der Waals surface area (Å²) in [6.07, 6.45) is 0.253. The van der Waals surface area contributed by atoms with E-state index in [1.54, 1.807) is 0 Å². The van der Waals surface area contributed by atoms with Gasteiger partial charge in [-0.2, -0.15) is 4.37 Å². The van der Waals surface area contributed by atoms with E-state index in [4.69, 9.17) is 10.5 Å². The number of anilines is 2. The molecule has 1 aromatic carbocycles. The maximum absolute atomic E-state index is 6.03. The number of likely N-dealkylation sites (N-methyl/N-ethyl adjacent to an activating group) is 1. The highest BCUT2D eigenvalue weighted by atomic mass is 32.1. The van der Waals surface area contributed by atoms with E-state index in [0.717, 1.165) is 22.7 Å². The number of nitrogens with two attached hydrogens (primary N) is 1. The largest absolute Gasteiger partial charge is 0.382 e. The molecule has 2 N–H and O–H groups in total. The maximum Gasteiger partial charge on any atom is 0.147 e. The third-order valence-corrected chi connectivity index (χ3v) is 3.96. The molecule has 5 heteroatoms. The first-order valence-electron chi connectivity index (χ1n) is 6.73. The molecule has 0 saturated carbocycles. The van der Waals surface area contributed by atoms with E-state index in [0.29, 0.717) is 12.4 Å². The summed E-state index contributed by atoms with van der Waals surface area (Å²) in [4.78, 5) is 2.15. The van der Waals surface area contributed by atoms with Gasteiger partial charge in [0.15, 0.2) is 0 Å². The Morgan fingerprint density at radius 3 is 2.65 bits per heavy atom. The molecule has 4 nitrogen and oxygen atoms in total. The van der Waals surface area contributed by atoms with Crippen LogP contribution in [0.1, 0.15) is 13.8 Å². The van der Waals surface area contributed by atoms with Crippen LogP contribution in [-0.2, 0) is 4.74 Å². The summed E-state index contributed by atoms with van der Waals surface area (Å²) in [6, 6.07) is 10.1. The van der Waals surface area contributed by atoms with Crippen LogP contribution in [0.3, 0.4) is 0 Å². The number of nitrogen functional groups attached to an aromatic ring is 1. The first kappa shape index (κ1) is 14.8. The summed E-state index contributed by atoms with van der Waals surface area (Å²) >= 11 is 1.43. The lowest BCUT2D eigenvalue weighted by molar-refractivity contribution is 0.0846. The molecule has 0 spiro atoms. The second-order valence-electron chi connectivity index (χ2n) is 4.96. The first-order chi connectivity index (χ1) is 9.59. The number of hydrogen-bond acceptors (Lipinski definition) is 5. The summed E-state index contributed by atoms with van der Waals surface area (Å²) in [5, 5.41) is 1.08. The molecule has 20 heavy (non-hydrogen) atoms. The second-order valence-corrected chi connectivity index (χ2v) is 5.71. The van der Waals surface area contributed by atoms with Crippen molar-refractivity contribution in [2.24, 2.45) is 0 Å². The monoisotopic (exact) mass is 291 g/mol. The predicted octanol–water partition coefficient (Wildman–Crippen LogP) is 3.25. The van der Waals surface area contributed by atoms with Crippen molar-refractivity contribution in [3.8, 4) is 11.1 Å². The van der Waals surface area contributed by atoms with Gasteiger partial charge in [0.05, 0.1) is 18.3 Å². The topological polar surface area (TPSA) is 51.4 Å². The number of aromatic nitrogens is 1. The second kappa shape index (κ2) is 6.72. The molecule has 1 heterocycles. The SMILES string of the molecule is CC(C)OCCN(C)c1snc(N)c1-c1ccccc1. The first-order valence-corrected chi connectivity index (χ1v) is 7.50. The van der Waals surface area contributed by atoms with Gasteiger partial charge in [-0.3, -0.25) is 0 Å². The van der Waals surface area contributed by atoms with E-state index in [9.17, 15) is 0 Å². The highest BCUT2D eigenvalue weighted by Crippen LogP contribution is 2.38. The van der Waals surface area contributed by atoms with Crippen molar-refractivity contribution in [2.75, 3.05) is 30.8 Å². The maximum atomic E-state index is 6.03. The van der Waals surface area contributed by atoms with Crippen molar-refractivity contribution in [2.45, 2.75) is 20.0 Å². The number of hydrogen-bond donors (Lipinski definition) is 1. The normalized spacial score (nSPS) is 11.0. The van der Waals surface area contributed by atoms with E-state index in [-0.39, 0.29) is 6.10 Å². The molecular weight excluding hydrogens is 270 g/mol. The lowest BCUT2D eigenvalue weighted by Crippen LogP contribution is -2.23. The number of benzene rings is 1. The highest BCUT2D eigenvalue weighted by Gasteiger charge is 2.16. The Morgan fingerprint density at radius 2 is 2.00 bits per heavy atom. The van der Waals surface area contributed by atoms with Crippen molar-refractivity contribution in [1.29, 1.82) is 0 Å². The minimum Gasteiger partial charge on any atom is -0.382 e. The minimum atomic E-state index is 0.253. The molecule has 0 aliphatic heterocycles. The summed E-state index contributed by atoms with van der Waals surface area (Å²) in [5.74, 6) is 0.591. The molecule has 0 aliphatic carbocycles. The van der Waals surface area contributed by atoms with Gasteiger partial charge in [0, 0.05) is 13.6 Å². The number of nitrogens with zero attached hydrogens (tertiary/aromatic N) is 2. The van der Waals surface area contributed by atoms with Crippen LogP contribution in [0.4, 0.5) is 10.8 Å². The third-order valence-electron chi connectivity index (χ3n) is 2.99. The molecule has 0 saturated heterocycles. The van der Waals surface area contributed by atoms with E-state index >= 15 is 0 Å². The van der Waals surface area contributed by atoms with Gasteiger partial charge >= 0.3 is 0 Å². The van der Waals surface area contributed by atoms with Crippen molar-refractivity contribution in [3.05, 3.63) is 30.3 Å². The average molecular weight is 291 g/mol. The fraction of sp³-hybridized carbons (Fsp3) is 0.400. The summed E-state index contributed by atoms with van der Waals surface area (Å²) in [7, 11) is 2.04. The van der Waals surface area contributed by atoms with Crippen LogP contribution in [0, 0.1) is 0 Å². The van der Waals surface area contributed by atoms with E-state index in [1.165, 1.54) is 11.5 Å². The zero-order valence-corrected chi connectivity index (χ0v) is 13.0. The summed E-state index contributed by atoms with van der Waals surface area (Å²) in [5.41, 5.74) is 8.15. The molecule has 0 bridgehead atoms. The Balaban J connectivity index is 2.17. The Kier molecular flexibility index (Phi) is 4.98. The predicted molar refractivity (Wildman–Crippen MR) is 86.3 cm³/mol. The molecule has 1 aromatic heterocycles. The van der Waals surface area contributed by atoms with Crippen LogP contribution in [0.2, 0.25) is 0 Å². The van der Waals surface area contributed by atoms with E-state index in [1.807, 2.05) is 39.1 Å². The quantitative estimate of drug-likeness (QED) is 0.887. The number of ether oxygens (including phenoxy) is 1. The van der Waals surface area contributed by atoms with E-state index in [2.05, 4.69) is 21.4 Å². The van der Waals surface area contributed by atoms with Crippen molar-refractivity contribution in [1.82, 2.24) is 4.37 Å². The van der Waals surface area contributed by atoms with Crippen molar-refractivity contribution in [3.63, 3.8) is 0 Å². The van der Waals surface area contributed by atoms with Crippen molar-refractivity contribution < 1.29 is 4.74 Å². The summed E-state index contributed by atoms with van der Waals surface area (Å²) < 4.78 is 9.89. The Bertz CT molecular complexity index is 539. The van der Waals surface area contributed by atoms with Crippen LogP contribution in [0.25, 0.3) is 11.1 Å². The van der Waals surface area contributed by atoms with Gasteiger partial charge in [0.2, 0.25) is 0 Å². The zero-order valence-electron chi connectivity index (χ0n) is 12.2. The average Bonchev–Trinajstić information content (AvgIpc) is 2.81. The van der Waals surface area contributed by atoms with Crippen LogP contribution >= 0.6 is 11.5 Å². The lowest BCUT2D eigenvalue weighted by atomic mass is 10.1.